The van der Waals surface area contributed by atoms with Gasteiger partial charge in [-0.3, -0.25) is 14.9 Å². The normalized spacial score (nSPS) is 28.3. The summed E-state index contributed by atoms with van der Waals surface area (Å²) in [6, 6.07) is 9.00. The van der Waals surface area contributed by atoms with Gasteiger partial charge < -0.3 is 19.9 Å². The van der Waals surface area contributed by atoms with Gasteiger partial charge in [-0.05, 0) is 60.9 Å². The van der Waals surface area contributed by atoms with Crippen LogP contribution in [0, 0.1) is 22.6 Å². The number of carbonyl (C=O) groups is 2. The summed E-state index contributed by atoms with van der Waals surface area (Å²) >= 11 is 1.32. The van der Waals surface area contributed by atoms with Gasteiger partial charge >= 0.3 is 0 Å². The van der Waals surface area contributed by atoms with Crippen LogP contribution in [-0.4, -0.2) is 39.7 Å². The molecule has 10 heteroatoms. The molecule has 2 aliphatic carbocycles. The fourth-order valence-corrected chi connectivity index (χ4v) is 7.42. The van der Waals surface area contributed by atoms with Crippen LogP contribution in [0.1, 0.15) is 65.7 Å². The molecule has 38 heavy (non-hydrogen) atoms. The molecule has 0 saturated heterocycles. The number of fused-ring (bicyclic) bond motifs is 2. The first-order valence-corrected chi connectivity index (χ1v) is 13.6. The molecular weight excluding hydrogens is 509 g/mol. The molecule has 2 aromatic heterocycles. The number of nitrogens with zero attached hydrogens (tertiary/aromatic N) is 1. The van der Waals surface area contributed by atoms with Crippen molar-refractivity contribution in [3.8, 4) is 0 Å². The minimum atomic E-state index is -0.747. The topological polar surface area (TPSA) is 125 Å². The van der Waals surface area contributed by atoms with Gasteiger partial charge in [0.15, 0.2) is 5.13 Å². The summed E-state index contributed by atoms with van der Waals surface area (Å²) in [5, 5.41) is 27.4. The number of rotatable bonds is 7. The minimum Gasteiger partial charge on any atom is -0.467 e. The third-order valence-electron chi connectivity index (χ3n) is 8.63. The van der Waals surface area contributed by atoms with Crippen molar-refractivity contribution in [1.82, 2.24) is 10.3 Å². The van der Waals surface area contributed by atoms with Crippen molar-refractivity contribution in [3.63, 3.8) is 0 Å². The second-order valence-electron chi connectivity index (χ2n) is 10.9. The average molecular weight is 542 g/mol. The van der Waals surface area contributed by atoms with Gasteiger partial charge in [0.25, 0.3) is 5.91 Å². The summed E-state index contributed by atoms with van der Waals surface area (Å²) in [4.78, 5) is 31.6. The smallest absolute Gasteiger partial charge is 0.257 e. The number of nitrogens with one attached hydrogen (secondary N) is 2. The molecule has 3 aromatic rings. The maximum atomic E-state index is 13.7. The molecule has 0 aliphatic heterocycles. The number of aromatic nitrogens is 1. The quantitative estimate of drug-likeness (QED) is 0.355. The number of halogens is 1. The molecule has 1 saturated carbocycles. The Morgan fingerprint density at radius 3 is 2.79 bits per heavy atom. The number of furan rings is 1. The Morgan fingerprint density at radius 1 is 1.26 bits per heavy atom. The number of aliphatic hydroxyl groups is 2. The summed E-state index contributed by atoms with van der Waals surface area (Å²) in [6.07, 6.45) is 2.81. The van der Waals surface area contributed by atoms with Crippen molar-refractivity contribution >= 4 is 28.3 Å². The fraction of sp³-hybridized carbons (Fsp3) is 0.464. The summed E-state index contributed by atoms with van der Waals surface area (Å²) in [7, 11) is 0. The van der Waals surface area contributed by atoms with E-state index in [1.54, 1.807) is 18.4 Å². The van der Waals surface area contributed by atoms with Crippen molar-refractivity contribution in [2.45, 2.75) is 58.1 Å². The van der Waals surface area contributed by atoms with E-state index in [1.165, 1.54) is 35.6 Å². The number of hydrogen-bond acceptors (Lipinski definition) is 7. The molecule has 5 rings (SSSR count). The lowest BCUT2D eigenvalue weighted by Crippen LogP contribution is -2.57. The number of benzene rings is 1. The van der Waals surface area contributed by atoms with Crippen molar-refractivity contribution in [2.24, 2.45) is 16.7 Å². The lowest BCUT2D eigenvalue weighted by Gasteiger charge is -2.58. The van der Waals surface area contributed by atoms with Crippen LogP contribution in [0.5, 0.6) is 0 Å². The first-order valence-electron chi connectivity index (χ1n) is 12.8. The van der Waals surface area contributed by atoms with Crippen LogP contribution in [0.2, 0.25) is 0 Å². The molecule has 0 spiro atoms. The van der Waals surface area contributed by atoms with E-state index in [1.807, 2.05) is 6.92 Å². The molecule has 8 nitrogen and oxygen atoms in total. The standard InChI is InChI=1S/C28H32FN3O5S/c1-27-9-8-22(34)28(2,15-33)21(27)13-20-24(19(27)12-23(35)30-14-18-7-4-10-37-18)31-26(38-20)32-25(36)16-5-3-6-17(29)11-16/h3-7,10-11,19,21-22,33-34H,8-9,12-15H2,1-2H3,(H,30,35)(H,31,32,36)/t19-,21+,22-,27+,28+/m1/s1. The number of amides is 2. The highest BCUT2D eigenvalue weighted by Crippen LogP contribution is 2.62. The molecule has 1 aromatic carbocycles. The molecule has 0 bridgehead atoms. The van der Waals surface area contributed by atoms with Crippen LogP contribution in [0.4, 0.5) is 9.52 Å². The molecule has 2 amide bonds. The van der Waals surface area contributed by atoms with Crippen LogP contribution in [0.3, 0.4) is 0 Å². The highest BCUT2D eigenvalue weighted by atomic mass is 32.1. The van der Waals surface area contributed by atoms with E-state index in [4.69, 9.17) is 9.40 Å². The maximum absolute atomic E-state index is 13.7. The fourth-order valence-electron chi connectivity index (χ4n) is 6.35. The van der Waals surface area contributed by atoms with E-state index < -0.39 is 28.7 Å². The first-order chi connectivity index (χ1) is 18.1. The van der Waals surface area contributed by atoms with Gasteiger partial charge in [-0.1, -0.05) is 19.9 Å². The van der Waals surface area contributed by atoms with Gasteiger partial charge in [0.1, 0.15) is 11.6 Å². The highest BCUT2D eigenvalue weighted by molar-refractivity contribution is 7.15. The van der Waals surface area contributed by atoms with Gasteiger partial charge in [-0.2, -0.15) is 0 Å². The van der Waals surface area contributed by atoms with E-state index in [0.29, 0.717) is 30.2 Å². The molecule has 4 N–H and O–H groups in total. The molecule has 0 radical (unpaired) electrons. The summed E-state index contributed by atoms with van der Waals surface area (Å²) in [5.41, 5.74) is -0.219. The zero-order chi connectivity index (χ0) is 27.1. The van der Waals surface area contributed by atoms with Crippen molar-refractivity contribution < 1.29 is 28.6 Å². The molecule has 2 aliphatic rings. The summed E-state index contributed by atoms with van der Waals surface area (Å²) in [6.45, 7) is 4.12. The van der Waals surface area contributed by atoms with Crippen LogP contribution >= 0.6 is 11.3 Å². The zero-order valence-electron chi connectivity index (χ0n) is 21.4. The van der Waals surface area contributed by atoms with Gasteiger partial charge in [0.2, 0.25) is 5.91 Å². The lowest BCUT2D eigenvalue weighted by molar-refractivity contribution is -0.144. The SMILES string of the molecule is C[C@]1(CO)[C@H]2Cc3sc(NC(=O)c4cccc(F)c4)nc3[C@@H](CC(=O)NCc3ccco3)[C@]2(C)CC[C@H]1O. The second kappa shape index (κ2) is 10.2. The van der Waals surface area contributed by atoms with Crippen molar-refractivity contribution in [2.75, 3.05) is 11.9 Å². The molecule has 5 atom stereocenters. The summed E-state index contributed by atoms with van der Waals surface area (Å²) < 4.78 is 19.0. The van der Waals surface area contributed by atoms with Crippen molar-refractivity contribution in [1.29, 1.82) is 0 Å². The zero-order valence-corrected chi connectivity index (χ0v) is 22.2. The first kappa shape index (κ1) is 26.5. The molecular formula is C28H32FN3O5S. The van der Waals surface area contributed by atoms with E-state index >= 15 is 0 Å². The minimum absolute atomic E-state index is 0.105. The Kier molecular flexibility index (Phi) is 7.15. The van der Waals surface area contributed by atoms with Gasteiger partial charge in [0, 0.05) is 28.2 Å². The average Bonchev–Trinajstić information content (AvgIpc) is 3.56. The molecule has 1 fully saturated rings. The Balaban J connectivity index is 1.46. The Morgan fingerprint density at radius 2 is 2.08 bits per heavy atom. The van der Waals surface area contributed by atoms with Crippen LogP contribution in [0.25, 0.3) is 0 Å². The highest BCUT2D eigenvalue weighted by Gasteiger charge is 2.59. The van der Waals surface area contributed by atoms with Crippen LogP contribution in [-0.2, 0) is 17.8 Å². The third-order valence-corrected chi connectivity index (χ3v) is 9.64. The number of aliphatic hydroxyl groups excluding tert-OH is 2. The molecule has 2 heterocycles. The molecule has 202 valence electrons. The van der Waals surface area contributed by atoms with Crippen molar-refractivity contribution in [3.05, 3.63) is 70.4 Å². The number of thiazole rings is 1. The monoisotopic (exact) mass is 541 g/mol. The second-order valence-corrected chi connectivity index (χ2v) is 12.0. The number of hydrogen-bond donors (Lipinski definition) is 4. The maximum Gasteiger partial charge on any atom is 0.257 e. The third kappa shape index (κ3) is 4.76. The Hall–Kier alpha value is -3.08. The van der Waals surface area contributed by atoms with E-state index in [2.05, 4.69) is 17.6 Å². The van der Waals surface area contributed by atoms with E-state index in [0.717, 1.165) is 10.6 Å². The predicted octanol–water partition coefficient (Wildman–Crippen LogP) is 4.25. The van der Waals surface area contributed by atoms with Gasteiger partial charge in [-0.25, -0.2) is 9.37 Å². The van der Waals surface area contributed by atoms with E-state index in [9.17, 15) is 24.2 Å². The summed E-state index contributed by atoms with van der Waals surface area (Å²) in [5.74, 6) is -0.877. The van der Waals surface area contributed by atoms with Gasteiger partial charge in [0.05, 0.1) is 31.2 Å². The van der Waals surface area contributed by atoms with Crippen LogP contribution in [0.15, 0.2) is 47.1 Å². The van der Waals surface area contributed by atoms with Gasteiger partial charge in [-0.15, -0.1) is 11.3 Å². The Labute approximate surface area is 224 Å². The largest absolute Gasteiger partial charge is 0.467 e. The lowest BCUT2D eigenvalue weighted by atomic mass is 9.47. The van der Waals surface area contributed by atoms with Crippen LogP contribution < -0.4 is 10.6 Å². The Bertz CT molecular complexity index is 1330. The van der Waals surface area contributed by atoms with E-state index in [-0.39, 0.29) is 42.9 Å². The predicted molar refractivity (Wildman–Crippen MR) is 140 cm³/mol. The molecule has 0 unspecified atom stereocenters. The number of carbonyl (C=O) groups excluding carboxylic acids is 2. The number of anilines is 1.